The van der Waals surface area contributed by atoms with E-state index in [2.05, 4.69) is 49.5 Å². The molecular weight excluding hydrogens is 256 g/mol. The van der Waals surface area contributed by atoms with E-state index in [9.17, 15) is 0 Å². The van der Waals surface area contributed by atoms with Crippen LogP contribution in [-0.4, -0.2) is 29.7 Å². The average Bonchev–Trinajstić information content (AvgIpc) is 2.55. The summed E-state index contributed by atoms with van der Waals surface area (Å²) in [5.74, 6) is 0.955. The molecule has 2 heteroatoms. The molecule has 1 aliphatic rings. The van der Waals surface area contributed by atoms with Gasteiger partial charge in [0.05, 0.1) is 5.71 Å². The smallest absolute Gasteiger partial charge is 0.0569 e. The van der Waals surface area contributed by atoms with Gasteiger partial charge < -0.3 is 0 Å². The molecule has 21 heavy (non-hydrogen) atoms. The lowest BCUT2D eigenvalue weighted by Gasteiger charge is -2.37. The summed E-state index contributed by atoms with van der Waals surface area (Å²) >= 11 is 0. The van der Waals surface area contributed by atoms with Crippen molar-refractivity contribution in [1.82, 2.24) is 4.90 Å². The Hall–Kier alpha value is -0.890. The molecule has 0 N–H and O–H groups in total. The van der Waals surface area contributed by atoms with E-state index in [0.717, 1.165) is 11.6 Å². The van der Waals surface area contributed by atoms with Gasteiger partial charge in [-0.1, -0.05) is 39.8 Å². The van der Waals surface area contributed by atoms with E-state index in [1.54, 1.807) is 6.20 Å². The third kappa shape index (κ3) is 6.60. The van der Waals surface area contributed by atoms with Crippen molar-refractivity contribution >= 4 is 5.71 Å². The highest BCUT2D eigenvalue weighted by Gasteiger charge is 2.26. The Bertz CT molecular complexity index is 322. The highest BCUT2D eigenvalue weighted by atomic mass is 15.2. The van der Waals surface area contributed by atoms with Crippen LogP contribution in [0.3, 0.4) is 0 Å². The third-order valence-electron chi connectivity index (χ3n) is 4.59. The second kappa shape index (κ2) is 11.7. The molecule has 0 aliphatic heterocycles. The lowest BCUT2D eigenvalue weighted by atomic mass is 9.83. The molecule has 1 saturated carbocycles. The summed E-state index contributed by atoms with van der Waals surface area (Å²) in [6.07, 6.45) is 12.6. The molecule has 1 rings (SSSR count). The van der Waals surface area contributed by atoms with Crippen LogP contribution in [0.5, 0.6) is 0 Å². The Morgan fingerprint density at radius 1 is 1.29 bits per heavy atom. The fourth-order valence-electron chi connectivity index (χ4n) is 3.05. The van der Waals surface area contributed by atoms with Crippen molar-refractivity contribution in [3.05, 3.63) is 24.9 Å². The number of hydrogen-bond donors (Lipinski definition) is 0. The van der Waals surface area contributed by atoms with Crippen LogP contribution >= 0.6 is 0 Å². The van der Waals surface area contributed by atoms with Crippen molar-refractivity contribution in [2.45, 2.75) is 78.8 Å². The summed E-state index contributed by atoms with van der Waals surface area (Å²) in [4.78, 5) is 6.91. The van der Waals surface area contributed by atoms with Gasteiger partial charge in [-0.3, -0.25) is 9.89 Å². The van der Waals surface area contributed by atoms with Crippen molar-refractivity contribution in [2.75, 3.05) is 7.05 Å². The van der Waals surface area contributed by atoms with Crippen LogP contribution in [0.4, 0.5) is 0 Å². The predicted molar refractivity (Wildman–Crippen MR) is 97.1 cm³/mol. The minimum Gasteiger partial charge on any atom is -0.295 e. The van der Waals surface area contributed by atoms with E-state index in [4.69, 9.17) is 0 Å². The Kier molecular flexibility index (Phi) is 11.2. The Morgan fingerprint density at radius 2 is 1.86 bits per heavy atom. The van der Waals surface area contributed by atoms with E-state index in [1.165, 1.54) is 32.1 Å². The Balaban J connectivity index is 0.00000191. The number of allylic oxidation sites excluding steroid dienone is 1. The second-order valence-corrected chi connectivity index (χ2v) is 5.66. The monoisotopic (exact) mass is 292 g/mol. The molecule has 122 valence electrons. The van der Waals surface area contributed by atoms with Crippen molar-refractivity contribution in [2.24, 2.45) is 10.9 Å². The minimum atomic E-state index is 0.359. The maximum absolute atomic E-state index is 4.41. The van der Waals surface area contributed by atoms with Gasteiger partial charge in [-0.15, -0.1) is 0 Å². The zero-order valence-electron chi connectivity index (χ0n) is 15.1. The molecule has 0 saturated heterocycles. The van der Waals surface area contributed by atoms with Crippen LogP contribution in [0.2, 0.25) is 0 Å². The van der Waals surface area contributed by atoms with Crippen LogP contribution in [0, 0.1) is 5.92 Å². The van der Waals surface area contributed by atoms with E-state index < -0.39 is 0 Å². The molecule has 0 radical (unpaired) electrons. The molecule has 1 aliphatic carbocycles. The van der Waals surface area contributed by atoms with Crippen molar-refractivity contribution in [1.29, 1.82) is 0 Å². The van der Waals surface area contributed by atoms with Gasteiger partial charge in [-0.05, 0) is 58.6 Å². The predicted octanol–water partition coefficient (Wildman–Crippen LogP) is 5.46. The second-order valence-electron chi connectivity index (χ2n) is 5.66. The number of aliphatic imine (C=N–C) groups is 1. The van der Waals surface area contributed by atoms with Gasteiger partial charge in [0.2, 0.25) is 0 Å². The summed E-state index contributed by atoms with van der Waals surface area (Å²) in [5, 5.41) is 0. The van der Waals surface area contributed by atoms with Crippen LogP contribution in [0.1, 0.15) is 66.7 Å². The number of rotatable bonds is 6. The standard InChI is InChI=1S/C17H30N2.C2H6/c1-6-9-17(18-8-3)14(4)19(5)16-12-10-15(7-2)11-13-16;1-2/h6,8-9,14-16H,3,7,10-13H2,1-2,4-5H3;1-2H3/b9-6-,18-17?;. The molecule has 0 amide bonds. The van der Waals surface area contributed by atoms with Crippen molar-refractivity contribution < 1.29 is 0 Å². The van der Waals surface area contributed by atoms with Gasteiger partial charge in [-0.2, -0.15) is 0 Å². The Labute approximate surface area is 133 Å². The molecular formula is C19H36N2. The summed E-state index contributed by atoms with van der Waals surface area (Å²) in [7, 11) is 2.24. The topological polar surface area (TPSA) is 15.6 Å². The first-order valence-electron chi connectivity index (χ1n) is 8.67. The summed E-state index contributed by atoms with van der Waals surface area (Å²) < 4.78 is 0. The quantitative estimate of drug-likeness (QED) is 0.593. The summed E-state index contributed by atoms with van der Waals surface area (Å²) in [6, 6.07) is 1.07. The van der Waals surface area contributed by atoms with Gasteiger partial charge in [0.25, 0.3) is 0 Å². The maximum Gasteiger partial charge on any atom is 0.0569 e. The van der Waals surface area contributed by atoms with Crippen LogP contribution in [-0.2, 0) is 0 Å². The number of hydrogen-bond acceptors (Lipinski definition) is 2. The van der Waals surface area contributed by atoms with E-state index in [0.29, 0.717) is 12.1 Å². The molecule has 1 fully saturated rings. The Morgan fingerprint density at radius 3 is 2.29 bits per heavy atom. The van der Waals surface area contributed by atoms with E-state index in [-0.39, 0.29) is 0 Å². The first kappa shape index (κ1) is 20.1. The average molecular weight is 293 g/mol. The molecule has 1 atom stereocenters. The zero-order chi connectivity index (χ0) is 16.3. The molecule has 1 unspecified atom stereocenters. The molecule has 0 bridgehead atoms. The van der Waals surface area contributed by atoms with Gasteiger partial charge in [0.15, 0.2) is 0 Å². The lowest BCUT2D eigenvalue weighted by Crippen LogP contribution is -2.44. The first-order valence-corrected chi connectivity index (χ1v) is 8.67. The maximum atomic E-state index is 4.41. The zero-order valence-corrected chi connectivity index (χ0v) is 15.1. The highest BCUT2D eigenvalue weighted by molar-refractivity contribution is 5.99. The fourth-order valence-corrected chi connectivity index (χ4v) is 3.05. The van der Waals surface area contributed by atoms with Crippen molar-refractivity contribution in [3.63, 3.8) is 0 Å². The molecule has 2 nitrogen and oxygen atoms in total. The van der Waals surface area contributed by atoms with Gasteiger partial charge in [-0.25, -0.2) is 0 Å². The fraction of sp³-hybridized carbons (Fsp3) is 0.737. The molecule has 0 spiro atoms. The highest BCUT2D eigenvalue weighted by Crippen LogP contribution is 2.29. The van der Waals surface area contributed by atoms with Gasteiger partial charge in [0, 0.05) is 18.3 Å². The van der Waals surface area contributed by atoms with Crippen LogP contribution < -0.4 is 0 Å². The van der Waals surface area contributed by atoms with Gasteiger partial charge in [0.1, 0.15) is 0 Å². The first-order chi connectivity index (χ1) is 10.1. The third-order valence-corrected chi connectivity index (χ3v) is 4.59. The van der Waals surface area contributed by atoms with E-state index in [1.807, 2.05) is 20.8 Å². The van der Waals surface area contributed by atoms with E-state index >= 15 is 0 Å². The molecule has 0 aromatic carbocycles. The molecule has 0 aromatic rings. The molecule has 0 aromatic heterocycles. The van der Waals surface area contributed by atoms with Crippen LogP contribution in [0.15, 0.2) is 29.9 Å². The minimum absolute atomic E-state index is 0.359. The normalized spacial score (nSPS) is 24.6. The molecule has 0 heterocycles. The summed E-state index contributed by atoms with van der Waals surface area (Å²) in [6.45, 7) is 14.3. The van der Waals surface area contributed by atoms with Crippen LogP contribution in [0.25, 0.3) is 0 Å². The number of nitrogens with zero attached hydrogens (tertiary/aromatic N) is 2. The SMILES string of the molecule is C=CN=C(/C=C\C)C(C)N(C)C1CCC(CC)CC1.CC. The largest absolute Gasteiger partial charge is 0.295 e. The van der Waals surface area contributed by atoms with Crippen molar-refractivity contribution in [3.8, 4) is 0 Å². The van der Waals surface area contributed by atoms with Gasteiger partial charge >= 0.3 is 0 Å². The lowest BCUT2D eigenvalue weighted by molar-refractivity contribution is 0.152. The summed E-state index contributed by atoms with van der Waals surface area (Å²) in [5.41, 5.74) is 1.11.